The van der Waals surface area contributed by atoms with Gasteiger partial charge in [-0.15, -0.1) is 0 Å². The largest absolute Gasteiger partial charge is 0.341 e. The number of amides is 1. The van der Waals surface area contributed by atoms with E-state index in [0.29, 0.717) is 11.8 Å². The smallest absolute Gasteiger partial charge is 0.245 e. The first-order chi connectivity index (χ1) is 12.4. The van der Waals surface area contributed by atoms with E-state index in [1.54, 1.807) is 6.20 Å². The van der Waals surface area contributed by atoms with Gasteiger partial charge in [0.25, 0.3) is 0 Å². The summed E-state index contributed by atoms with van der Waals surface area (Å²) in [5.74, 6) is 3.37. The van der Waals surface area contributed by atoms with Crippen LogP contribution in [0.15, 0.2) is 16.9 Å². The molecule has 1 atom stereocenters. The third-order valence-electron chi connectivity index (χ3n) is 5.12. The van der Waals surface area contributed by atoms with Gasteiger partial charge in [-0.3, -0.25) is 4.79 Å². The molecule has 1 saturated heterocycles. The Morgan fingerprint density at radius 3 is 2.42 bits per heavy atom. The van der Waals surface area contributed by atoms with Gasteiger partial charge in [0.15, 0.2) is 5.82 Å². The minimum atomic E-state index is -0.234. The molecule has 2 aromatic heterocycles. The van der Waals surface area contributed by atoms with Crippen molar-refractivity contribution in [1.29, 1.82) is 0 Å². The zero-order chi connectivity index (χ0) is 18.8. The molecule has 26 heavy (non-hydrogen) atoms. The zero-order valence-corrected chi connectivity index (χ0v) is 16.3. The van der Waals surface area contributed by atoms with Crippen LogP contribution in [0.2, 0.25) is 0 Å². The highest BCUT2D eigenvalue weighted by Crippen LogP contribution is 2.29. The standard InChI is InChI=1S/C19H29N5O2/c1-12(2)16-21-18(26-22-16)15-6-9-23(10-7-15)19(25)14(5)24-11-8-20-17(24)13(3)4/h8,11-15H,6-7,9-10H2,1-5H3. The number of piperidine rings is 1. The molecule has 0 saturated carbocycles. The van der Waals surface area contributed by atoms with Crippen LogP contribution in [0.25, 0.3) is 0 Å². The van der Waals surface area contributed by atoms with Gasteiger partial charge in [0, 0.05) is 43.2 Å². The number of hydrogen-bond donors (Lipinski definition) is 0. The number of carbonyl (C=O) groups is 1. The molecule has 1 unspecified atom stereocenters. The number of nitrogens with zero attached hydrogens (tertiary/aromatic N) is 5. The van der Waals surface area contributed by atoms with Gasteiger partial charge in [-0.25, -0.2) is 4.98 Å². The number of rotatable bonds is 5. The lowest BCUT2D eigenvalue weighted by atomic mass is 9.96. The van der Waals surface area contributed by atoms with Gasteiger partial charge in [0.05, 0.1) is 0 Å². The third-order valence-corrected chi connectivity index (χ3v) is 5.12. The Labute approximate surface area is 154 Å². The number of carbonyl (C=O) groups excluding carboxylic acids is 1. The van der Waals surface area contributed by atoms with Crippen molar-refractivity contribution in [1.82, 2.24) is 24.6 Å². The first-order valence-electron chi connectivity index (χ1n) is 9.53. The Morgan fingerprint density at radius 1 is 1.15 bits per heavy atom. The molecule has 0 radical (unpaired) electrons. The summed E-state index contributed by atoms with van der Waals surface area (Å²) < 4.78 is 7.42. The average molecular weight is 359 g/mol. The molecule has 1 aliphatic heterocycles. The summed E-state index contributed by atoms with van der Waals surface area (Å²) in [5.41, 5.74) is 0. The van der Waals surface area contributed by atoms with Crippen LogP contribution in [0.3, 0.4) is 0 Å². The van der Waals surface area contributed by atoms with Crippen molar-refractivity contribution in [2.45, 2.75) is 71.3 Å². The Balaban J connectivity index is 1.62. The highest BCUT2D eigenvalue weighted by atomic mass is 16.5. The zero-order valence-electron chi connectivity index (χ0n) is 16.3. The summed E-state index contributed by atoms with van der Waals surface area (Å²) in [5, 5.41) is 4.06. The van der Waals surface area contributed by atoms with Crippen LogP contribution in [0, 0.1) is 0 Å². The highest BCUT2D eigenvalue weighted by Gasteiger charge is 2.30. The molecule has 0 spiro atoms. The van der Waals surface area contributed by atoms with Crippen LogP contribution in [-0.2, 0) is 4.79 Å². The average Bonchev–Trinajstić information content (AvgIpc) is 3.30. The molecule has 7 heteroatoms. The normalized spacial score (nSPS) is 17.3. The second-order valence-electron chi connectivity index (χ2n) is 7.77. The summed E-state index contributed by atoms with van der Waals surface area (Å²) >= 11 is 0. The van der Waals surface area contributed by atoms with Crippen molar-refractivity contribution < 1.29 is 9.32 Å². The highest BCUT2D eigenvalue weighted by molar-refractivity contribution is 5.80. The first kappa shape index (κ1) is 18.6. The first-order valence-corrected chi connectivity index (χ1v) is 9.53. The lowest BCUT2D eigenvalue weighted by Gasteiger charge is -2.33. The van der Waals surface area contributed by atoms with Gasteiger partial charge >= 0.3 is 0 Å². The molecule has 1 fully saturated rings. The molecule has 3 heterocycles. The fourth-order valence-corrected chi connectivity index (χ4v) is 3.48. The van der Waals surface area contributed by atoms with Crippen LogP contribution < -0.4 is 0 Å². The number of imidazole rings is 1. The minimum Gasteiger partial charge on any atom is -0.341 e. The van der Waals surface area contributed by atoms with E-state index in [2.05, 4.69) is 42.8 Å². The Kier molecular flexibility index (Phi) is 5.44. The summed E-state index contributed by atoms with van der Waals surface area (Å²) in [4.78, 5) is 23.8. The van der Waals surface area contributed by atoms with E-state index in [9.17, 15) is 4.79 Å². The van der Waals surface area contributed by atoms with Gasteiger partial charge in [-0.2, -0.15) is 4.98 Å². The molecule has 0 aliphatic carbocycles. The number of hydrogen-bond acceptors (Lipinski definition) is 5. The molecule has 142 valence electrons. The van der Waals surface area contributed by atoms with E-state index < -0.39 is 0 Å². The van der Waals surface area contributed by atoms with E-state index in [4.69, 9.17) is 4.52 Å². The number of aromatic nitrogens is 4. The molecule has 0 aromatic carbocycles. The fourth-order valence-electron chi connectivity index (χ4n) is 3.48. The van der Waals surface area contributed by atoms with Crippen molar-refractivity contribution >= 4 is 5.91 Å². The van der Waals surface area contributed by atoms with Gasteiger partial charge in [0.1, 0.15) is 11.9 Å². The molecule has 0 bridgehead atoms. The SMILES string of the molecule is CC(C)c1noc(C2CCN(C(=O)C(C)n3ccnc3C(C)C)CC2)n1. The van der Waals surface area contributed by atoms with E-state index in [1.165, 1.54) is 0 Å². The van der Waals surface area contributed by atoms with Crippen molar-refractivity contribution in [3.05, 3.63) is 29.9 Å². The fraction of sp³-hybridized carbons (Fsp3) is 0.684. The Hall–Kier alpha value is -2.18. The van der Waals surface area contributed by atoms with Crippen molar-refractivity contribution in [2.24, 2.45) is 0 Å². The van der Waals surface area contributed by atoms with Crippen molar-refractivity contribution in [3.63, 3.8) is 0 Å². The van der Waals surface area contributed by atoms with E-state index in [1.807, 2.05) is 22.6 Å². The molecule has 1 amide bonds. The lowest BCUT2D eigenvalue weighted by Crippen LogP contribution is -2.41. The topological polar surface area (TPSA) is 77.0 Å². The molecular formula is C19H29N5O2. The third kappa shape index (κ3) is 3.66. The van der Waals surface area contributed by atoms with Crippen LogP contribution in [-0.4, -0.2) is 43.6 Å². The summed E-state index contributed by atoms with van der Waals surface area (Å²) in [7, 11) is 0. The maximum Gasteiger partial charge on any atom is 0.245 e. The second kappa shape index (κ2) is 7.60. The minimum absolute atomic E-state index is 0.150. The van der Waals surface area contributed by atoms with Gasteiger partial charge in [-0.1, -0.05) is 32.9 Å². The summed E-state index contributed by atoms with van der Waals surface area (Å²) in [6, 6.07) is -0.234. The van der Waals surface area contributed by atoms with Crippen molar-refractivity contribution in [3.8, 4) is 0 Å². The predicted octanol–water partition coefficient (Wildman–Crippen LogP) is 3.48. The van der Waals surface area contributed by atoms with Crippen LogP contribution in [0.5, 0.6) is 0 Å². The van der Waals surface area contributed by atoms with Gasteiger partial charge < -0.3 is 14.0 Å². The maximum atomic E-state index is 12.9. The number of likely N-dealkylation sites (tertiary alicyclic amines) is 1. The van der Waals surface area contributed by atoms with Crippen molar-refractivity contribution in [2.75, 3.05) is 13.1 Å². The quantitative estimate of drug-likeness (QED) is 0.817. The Morgan fingerprint density at radius 2 is 1.85 bits per heavy atom. The molecule has 0 N–H and O–H groups in total. The molecule has 7 nitrogen and oxygen atoms in total. The summed E-state index contributed by atoms with van der Waals surface area (Å²) in [6.07, 6.45) is 5.39. The lowest BCUT2D eigenvalue weighted by molar-refractivity contribution is -0.135. The van der Waals surface area contributed by atoms with E-state index in [-0.39, 0.29) is 23.8 Å². The summed E-state index contributed by atoms with van der Waals surface area (Å²) in [6.45, 7) is 11.7. The second-order valence-corrected chi connectivity index (χ2v) is 7.77. The monoisotopic (exact) mass is 359 g/mol. The van der Waals surface area contributed by atoms with Crippen LogP contribution in [0.1, 0.15) is 88.8 Å². The maximum absolute atomic E-state index is 12.9. The van der Waals surface area contributed by atoms with Crippen LogP contribution >= 0.6 is 0 Å². The molecular weight excluding hydrogens is 330 g/mol. The Bertz CT molecular complexity index is 741. The predicted molar refractivity (Wildman–Crippen MR) is 98.0 cm³/mol. The molecule has 3 rings (SSSR count). The van der Waals surface area contributed by atoms with Gasteiger partial charge in [-0.05, 0) is 19.8 Å². The van der Waals surface area contributed by atoms with Gasteiger partial charge in [0.2, 0.25) is 11.8 Å². The molecule has 2 aromatic rings. The van der Waals surface area contributed by atoms with E-state index >= 15 is 0 Å². The van der Waals surface area contributed by atoms with Crippen LogP contribution in [0.4, 0.5) is 0 Å². The van der Waals surface area contributed by atoms with E-state index in [0.717, 1.165) is 37.6 Å². The molecule has 1 aliphatic rings.